The maximum atomic E-state index is 13.9. The van der Waals surface area contributed by atoms with E-state index in [0.717, 1.165) is 25.0 Å². The van der Waals surface area contributed by atoms with Crippen LogP contribution in [0.25, 0.3) is 0 Å². The quantitative estimate of drug-likeness (QED) is 0.499. The number of halogens is 2. The van der Waals surface area contributed by atoms with E-state index in [1.54, 1.807) is 42.5 Å². The van der Waals surface area contributed by atoms with Gasteiger partial charge in [-0.2, -0.15) is 0 Å². The first-order valence-corrected chi connectivity index (χ1v) is 10.5. The van der Waals surface area contributed by atoms with Crippen molar-refractivity contribution >= 4 is 28.8 Å². The molecular weight excluding hydrogens is 406 g/mol. The van der Waals surface area contributed by atoms with Crippen molar-refractivity contribution in [2.45, 2.75) is 32.2 Å². The monoisotopic (exact) mass is 428 g/mol. The molecule has 0 saturated heterocycles. The van der Waals surface area contributed by atoms with E-state index in [-0.39, 0.29) is 11.5 Å². The molecule has 3 aromatic rings. The van der Waals surface area contributed by atoms with Gasteiger partial charge in [0, 0.05) is 34.2 Å². The van der Waals surface area contributed by atoms with Gasteiger partial charge in [-0.3, -0.25) is 9.59 Å². The van der Waals surface area contributed by atoms with Gasteiger partial charge in [0.15, 0.2) is 0 Å². The molecule has 30 heavy (non-hydrogen) atoms. The Morgan fingerprint density at radius 2 is 1.90 bits per heavy atom. The van der Waals surface area contributed by atoms with Crippen LogP contribution >= 0.6 is 11.3 Å². The van der Waals surface area contributed by atoms with Crippen LogP contribution in [0.1, 0.15) is 46.6 Å². The van der Waals surface area contributed by atoms with E-state index in [1.165, 1.54) is 10.9 Å². The molecule has 1 unspecified atom stereocenters. The molecule has 2 amide bonds. The fourth-order valence-corrected chi connectivity index (χ4v) is 3.80. The molecular formula is C23H22F2N2O2S. The summed E-state index contributed by atoms with van der Waals surface area (Å²) < 4.78 is 27.0. The maximum Gasteiger partial charge on any atom is 0.251 e. The van der Waals surface area contributed by atoms with Gasteiger partial charge >= 0.3 is 0 Å². The predicted molar refractivity (Wildman–Crippen MR) is 115 cm³/mol. The van der Waals surface area contributed by atoms with Gasteiger partial charge in [-0.05, 0) is 55.5 Å². The number of rotatable bonds is 8. The van der Waals surface area contributed by atoms with Crippen molar-refractivity contribution in [2.24, 2.45) is 0 Å². The van der Waals surface area contributed by atoms with Crippen LogP contribution in [0.5, 0.6) is 0 Å². The molecule has 0 aliphatic heterocycles. The topological polar surface area (TPSA) is 58.2 Å². The third-order valence-corrected chi connectivity index (χ3v) is 5.53. The van der Waals surface area contributed by atoms with Crippen molar-refractivity contribution < 1.29 is 18.4 Å². The molecule has 156 valence electrons. The highest BCUT2D eigenvalue weighted by Crippen LogP contribution is 2.19. The molecule has 1 aromatic heterocycles. The van der Waals surface area contributed by atoms with E-state index in [4.69, 9.17) is 0 Å². The van der Waals surface area contributed by atoms with Crippen molar-refractivity contribution in [1.29, 1.82) is 0 Å². The average Bonchev–Trinajstić information content (AvgIpc) is 3.21. The molecule has 2 aromatic carbocycles. The van der Waals surface area contributed by atoms with Crippen molar-refractivity contribution in [1.82, 2.24) is 5.32 Å². The van der Waals surface area contributed by atoms with Crippen molar-refractivity contribution in [3.63, 3.8) is 0 Å². The highest BCUT2D eigenvalue weighted by molar-refractivity contribution is 7.09. The van der Waals surface area contributed by atoms with Crippen molar-refractivity contribution in [3.8, 4) is 0 Å². The third-order valence-electron chi connectivity index (χ3n) is 4.59. The molecule has 0 bridgehead atoms. The smallest absolute Gasteiger partial charge is 0.251 e. The second-order valence-electron chi connectivity index (χ2n) is 6.92. The summed E-state index contributed by atoms with van der Waals surface area (Å²) in [4.78, 5) is 25.9. The van der Waals surface area contributed by atoms with Crippen LogP contribution in [0, 0.1) is 11.6 Å². The minimum atomic E-state index is -0.716. The van der Waals surface area contributed by atoms with Crippen LogP contribution < -0.4 is 10.6 Å². The zero-order valence-corrected chi connectivity index (χ0v) is 17.3. The molecule has 1 heterocycles. The Labute approximate surface area is 177 Å². The lowest BCUT2D eigenvalue weighted by molar-refractivity contribution is -0.116. The minimum absolute atomic E-state index is 0.120. The fraction of sp³-hybridized carbons (Fsp3) is 0.217. The number of aryl methyl sites for hydroxylation is 1. The lowest BCUT2D eigenvalue weighted by atomic mass is 10.1. The molecule has 0 radical (unpaired) electrons. The van der Waals surface area contributed by atoms with Gasteiger partial charge in [0.2, 0.25) is 5.91 Å². The number of anilines is 1. The number of hydrogen-bond donors (Lipinski definition) is 2. The number of benzene rings is 2. The van der Waals surface area contributed by atoms with Crippen molar-refractivity contribution in [3.05, 3.63) is 87.6 Å². The normalized spacial score (nSPS) is 11.7. The largest absolute Gasteiger partial charge is 0.345 e. The summed E-state index contributed by atoms with van der Waals surface area (Å²) in [6.45, 7) is 1.62. The molecule has 0 spiro atoms. The van der Waals surface area contributed by atoms with Gasteiger partial charge in [0.25, 0.3) is 5.91 Å². The zero-order valence-electron chi connectivity index (χ0n) is 16.5. The fourth-order valence-electron chi connectivity index (χ4n) is 3.05. The lowest BCUT2D eigenvalue weighted by Gasteiger charge is -2.15. The Morgan fingerprint density at radius 1 is 1.07 bits per heavy atom. The lowest BCUT2D eigenvalue weighted by Crippen LogP contribution is -2.27. The summed E-state index contributed by atoms with van der Waals surface area (Å²) in [5.74, 6) is -1.93. The molecule has 0 aliphatic carbocycles. The first-order valence-electron chi connectivity index (χ1n) is 9.60. The Morgan fingerprint density at radius 3 is 2.63 bits per heavy atom. The number of thiophene rings is 1. The predicted octanol–water partition coefficient (Wildman–Crippen LogP) is 5.48. The molecule has 0 fully saturated rings. The summed E-state index contributed by atoms with van der Waals surface area (Å²) >= 11 is 1.67. The zero-order chi connectivity index (χ0) is 21.5. The van der Waals surface area contributed by atoms with Crippen LogP contribution in [0.3, 0.4) is 0 Å². The van der Waals surface area contributed by atoms with E-state index in [9.17, 15) is 18.4 Å². The summed E-state index contributed by atoms with van der Waals surface area (Å²) in [7, 11) is 0. The van der Waals surface area contributed by atoms with E-state index in [2.05, 4.69) is 10.6 Å². The Bertz CT molecular complexity index is 1020. The molecule has 0 aliphatic rings. The van der Waals surface area contributed by atoms with Gasteiger partial charge in [0.05, 0.1) is 6.04 Å². The first kappa shape index (κ1) is 21.6. The Kier molecular flexibility index (Phi) is 7.30. The van der Waals surface area contributed by atoms with Crippen LogP contribution in [0.15, 0.2) is 60.0 Å². The van der Waals surface area contributed by atoms with Gasteiger partial charge in [-0.1, -0.05) is 18.2 Å². The molecule has 1 atom stereocenters. The second kappa shape index (κ2) is 10.1. The number of nitrogens with one attached hydrogen (secondary N) is 2. The Hall–Kier alpha value is -3.06. The van der Waals surface area contributed by atoms with Crippen LogP contribution in [0.4, 0.5) is 14.5 Å². The number of carbonyl (C=O) groups excluding carboxylic acids is 2. The molecule has 2 N–H and O–H groups in total. The SMILES string of the molecule is CC(NC(=O)c1cccc(NC(=O)CCCc2cccs2)c1)c1ccc(F)cc1F. The number of hydrogen-bond acceptors (Lipinski definition) is 3. The first-order chi connectivity index (χ1) is 14.4. The average molecular weight is 429 g/mol. The standard InChI is InChI=1S/C23H22F2N2O2S/c1-15(20-11-10-17(24)14-21(20)25)26-23(29)16-5-2-6-18(13-16)27-22(28)9-3-7-19-8-4-12-30-19/h2,4-6,8,10-15H,3,7,9H2,1H3,(H,26,29)(H,27,28). The van der Waals surface area contributed by atoms with Gasteiger partial charge in [-0.15, -0.1) is 11.3 Å². The van der Waals surface area contributed by atoms with Gasteiger partial charge in [0.1, 0.15) is 11.6 Å². The maximum absolute atomic E-state index is 13.9. The van der Waals surface area contributed by atoms with Gasteiger partial charge < -0.3 is 10.6 Å². The number of carbonyl (C=O) groups is 2. The van der Waals surface area contributed by atoms with E-state index < -0.39 is 23.6 Å². The highest BCUT2D eigenvalue weighted by atomic mass is 32.1. The van der Waals surface area contributed by atoms with Crippen LogP contribution in [-0.2, 0) is 11.2 Å². The Balaban J connectivity index is 1.55. The minimum Gasteiger partial charge on any atom is -0.345 e. The third kappa shape index (κ3) is 5.97. The summed E-state index contributed by atoms with van der Waals surface area (Å²) in [6.07, 6.45) is 1.98. The van der Waals surface area contributed by atoms with E-state index >= 15 is 0 Å². The summed E-state index contributed by atoms with van der Waals surface area (Å²) in [5, 5.41) is 7.50. The molecule has 0 saturated carbocycles. The van der Waals surface area contributed by atoms with E-state index in [1.807, 2.05) is 17.5 Å². The van der Waals surface area contributed by atoms with Crippen molar-refractivity contribution in [2.75, 3.05) is 5.32 Å². The number of amides is 2. The highest BCUT2D eigenvalue weighted by Gasteiger charge is 2.16. The summed E-state index contributed by atoms with van der Waals surface area (Å²) in [6, 6.07) is 13.2. The molecule has 3 rings (SSSR count). The van der Waals surface area contributed by atoms with Gasteiger partial charge in [-0.25, -0.2) is 8.78 Å². The van der Waals surface area contributed by atoms with Crippen LogP contribution in [-0.4, -0.2) is 11.8 Å². The van der Waals surface area contributed by atoms with Crippen LogP contribution in [0.2, 0.25) is 0 Å². The molecule has 4 nitrogen and oxygen atoms in total. The molecule has 7 heteroatoms. The summed E-state index contributed by atoms with van der Waals surface area (Å²) in [5.41, 5.74) is 1.05. The van der Waals surface area contributed by atoms with E-state index in [0.29, 0.717) is 17.7 Å². The second-order valence-corrected chi connectivity index (χ2v) is 7.96.